The Bertz CT molecular complexity index is 539. The molecule has 23 heavy (non-hydrogen) atoms. The zero-order valence-corrected chi connectivity index (χ0v) is 14.0. The molecule has 2 unspecified atom stereocenters. The summed E-state index contributed by atoms with van der Waals surface area (Å²) < 4.78 is 0. The maximum Gasteiger partial charge on any atom is 0.306 e. The highest BCUT2D eigenvalue weighted by molar-refractivity contribution is 5.80. The summed E-state index contributed by atoms with van der Waals surface area (Å²) in [6, 6.07) is 10.2. The number of benzene rings is 1. The summed E-state index contributed by atoms with van der Waals surface area (Å²) in [5.41, 5.74) is 0.974. The molecule has 1 aliphatic carbocycles. The summed E-state index contributed by atoms with van der Waals surface area (Å²) in [6.07, 6.45) is 4.55. The highest BCUT2D eigenvalue weighted by Gasteiger charge is 2.33. The number of hydrogen-bond acceptors (Lipinski definition) is 2. The average molecular weight is 317 g/mol. The zero-order chi connectivity index (χ0) is 16.9. The molecule has 2 atom stereocenters. The van der Waals surface area contributed by atoms with E-state index in [-0.39, 0.29) is 23.3 Å². The Balaban J connectivity index is 1.86. The lowest BCUT2D eigenvalue weighted by atomic mass is 9.80. The van der Waals surface area contributed by atoms with Crippen LogP contribution in [0.25, 0.3) is 0 Å². The van der Waals surface area contributed by atoms with Gasteiger partial charge in [0, 0.05) is 11.5 Å². The molecule has 0 aliphatic heterocycles. The van der Waals surface area contributed by atoms with Gasteiger partial charge in [0.1, 0.15) is 0 Å². The predicted molar refractivity (Wildman–Crippen MR) is 90.1 cm³/mol. The van der Waals surface area contributed by atoms with Crippen molar-refractivity contribution in [1.29, 1.82) is 0 Å². The number of aryl methyl sites for hydroxylation is 1. The first-order valence-corrected chi connectivity index (χ1v) is 8.46. The Labute approximate surface area is 138 Å². The van der Waals surface area contributed by atoms with Gasteiger partial charge in [-0.05, 0) is 51.5 Å². The molecule has 4 nitrogen and oxygen atoms in total. The molecule has 1 aromatic carbocycles. The molecule has 1 aliphatic rings. The van der Waals surface area contributed by atoms with Crippen LogP contribution in [0.3, 0.4) is 0 Å². The van der Waals surface area contributed by atoms with Crippen LogP contribution in [0.1, 0.15) is 51.5 Å². The maximum atomic E-state index is 12.5. The number of hydrogen-bond donors (Lipinski definition) is 2. The van der Waals surface area contributed by atoms with Crippen molar-refractivity contribution in [2.75, 3.05) is 0 Å². The van der Waals surface area contributed by atoms with Crippen LogP contribution in [-0.2, 0) is 16.0 Å². The molecular formula is C19H27NO3. The van der Waals surface area contributed by atoms with Crippen molar-refractivity contribution in [2.24, 2.45) is 11.8 Å². The third-order valence-corrected chi connectivity index (χ3v) is 4.74. The Morgan fingerprint density at radius 1 is 1.17 bits per heavy atom. The molecule has 1 amide bonds. The van der Waals surface area contributed by atoms with Crippen LogP contribution in [-0.4, -0.2) is 22.5 Å². The Morgan fingerprint density at radius 2 is 1.83 bits per heavy atom. The second kappa shape index (κ2) is 7.62. The monoisotopic (exact) mass is 317 g/mol. The van der Waals surface area contributed by atoms with E-state index < -0.39 is 5.97 Å². The number of carboxylic acid groups (broad SMARTS) is 1. The number of nitrogens with one attached hydrogen (secondary N) is 1. The summed E-state index contributed by atoms with van der Waals surface area (Å²) in [4.78, 5) is 23.6. The van der Waals surface area contributed by atoms with Gasteiger partial charge >= 0.3 is 5.97 Å². The molecule has 0 radical (unpaired) electrons. The molecule has 0 aromatic heterocycles. The van der Waals surface area contributed by atoms with Crippen LogP contribution in [0.5, 0.6) is 0 Å². The first-order chi connectivity index (χ1) is 10.9. The van der Waals surface area contributed by atoms with Crippen molar-refractivity contribution in [2.45, 2.75) is 57.9 Å². The number of rotatable bonds is 6. The van der Waals surface area contributed by atoms with E-state index in [2.05, 4.69) is 17.4 Å². The van der Waals surface area contributed by atoms with Crippen LogP contribution in [0.4, 0.5) is 0 Å². The third kappa shape index (κ3) is 5.38. The highest BCUT2D eigenvalue weighted by Crippen LogP contribution is 2.30. The standard InChI is InChI=1S/C19H27NO3/c1-19(2,12-11-14-7-4-3-5-8-14)20-17(21)15-9-6-10-16(13-15)18(22)23/h3-5,7-8,15-16H,6,9-13H2,1-2H3,(H,20,21)(H,22,23). The van der Waals surface area contributed by atoms with E-state index in [1.54, 1.807) is 0 Å². The van der Waals surface area contributed by atoms with Crippen LogP contribution in [0.15, 0.2) is 30.3 Å². The summed E-state index contributed by atoms with van der Waals surface area (Å²) in [5, 5.41) is 12.3. The molecule has 0 heterocycles. The minimum atomic E-state index is -0.772. The van der Waals surface area contributed by atoms with Crippen molar-refractivity contribution in [1.82, 2.24) is 5.32 Å². The van der Waals surface area contributed by atoms with Gasteiger partial charge in [-0.1, -0.05) is 36.8 Å². The van der Waals surface area contributed by atoms with Crippen molar-refractivity contribution in [3.05, 3.63) is 35.9 Å². The lowest BCUT2D eigenvalue weighted by molar-refractivity contribution is -0.144. The molecule has 2 N–H and O–H groups in total. The first kappa shape index (κ1) is 17.5. The van der Waals surface area contributed by atoms with Gasteiger partial charge in [0.2, 0.25) is 5.91 Å². The van der Waals surface area contributed by atoms with E-state index in [4.69, 9.17) is 5.11 Å². The van der Waals surface area contributed by atoms with Crippen molar-refractivity contribution < 1.29 is 14.7 Å². The van der Waals surface area contributed by atoms with Gasteiger partial charge < -0.3 is 10.4 Å². The fourth-order valence-electron chi connectivity index (χ4n) is 3.25. The molecule has 2 rings (SSSR count). The van der Waals surface area contributed by atoms with Gasteiger partial charge in [0.25, 0.3) is 0 Å². The molecule has 1 fully saturated rings. The third-order valence-electron chi connectivity index (χ3n) is 4.74. The summed E-state index contributed by atoms with van der Waals surface area (Å²) >= 11 is 0. The summed E-state index contributed by atoms with van der Waals surface area (Å²) in [7, 11) is 0. The van der Waals surface area contributed by atoms with Crippen LogP contribution < -0.4 is 5.32 Å². The second-order valence-corrected chi connectivity index (χ2v) is 7.26. The minimum absolute atomic E-state index is 0.00834. The number of carbonyl (C=O) groups is 2. The predicted octanol–water partition coefficient (Wildman–Crippen LogP) is 3.41. The number of amides is 1. The topological polar surface area (TPSA) is 66.4 Å². The van der Waals surface area contributed by atoms with E-state index >= 15 is 0 Å². The van der Waals surface area contributed by atoms with Gasteiger partial charge in [-0.25, -0.2) is 0 Å². The fourth-order valence-corrected chi connectivity index (χ4v) is 3.25. The first-order valence-electron chi connectivity index (χ1n) is 8.46. The fraction of sp³-hybridized carbons (Fsp3) is 0.579. The van der Waals surface area contributed by atoms with E-state index in [1.807, 2.05) is 32.0 Å². The number of carbonyl (C=O) groups excluding carboxylic acids is 1. The Kier molecular flexibility index (Phi) is 5.80. The van der Waals surface area contributed by atoms with Crippen LogP contribution >= 0.6 is 0 Å². The molecule has 0 saturated heterocycles. The molecule has 1 aromatic rings. The molecule has 126 valence electrons. The van der Waals surface area contributed by atoms with Gasteiger partial charge in [0.05, 0.1) is 5.92 Å². The van der Waals surface area contributed by atoms with Crippen LogP contribution in [0.2, 0.25) is 0 Å². The smallest absolute Gasteiger partial charge is 0.306 e. The van der Waals surface area contributed by atoms with Crippen molar-refractivity contribution >= 4 is 11.9 Å². The number of carboxylic acids is 1. The van der Waals surface area contributed by atoms with Crippen molar-refractivity contribution in [3.8, 4) is 0 Å². The van der Waals surface area contributed by atoms with Crippen LogP contribution in [0, 0.1) is 11.8 Å². The lowest BCUT2D eigenvalue weighted by Crippen LogP contribution is -2.47. The summed E-state index contributed by atoms with van der Waals surface area (Å²) in [6.45, 7) is 4.07. The zero-order valence-electron chi connectivity index (χ0n) is 14.0. The maximum absolute atomic E-state index is 12.5. The van der Waals surface area contributed by atoms with E-state index in [1.165, 1.54) is 5.56 Å². The number of aliphatic carboxylic acids is 1. The lowest BCUT2D eigenvalue weighted by Gasteiger charge is -2.31. The quantitative estimate of drug-likeness (QED) is 0.845. The van der Waals surface area contributed by atoms with E-state index in [0.29, 0.717) is 12.8 Å². The molecule has 0 spiro atoms. The Hall–Kier alpha value is -1.84. The summed E-state index contributed by atoms with van der Waals surface area (Å²) in [5.74, 6) is -1.30. The Morgan fingerprint density at radius 3 is 2.48 bits per heavy atom. The second-order valence-electron chi connectivity index (χ2n) is 7.26. The van der Waals surface area contributed by atoms with Gasteiger partial charge in [0.15, 0.2) is 0 Å². The normalized spacial score (nSPS) is 21.7. The largest absolute Gasteiger partial charge is 0.481 e. The molecule has 1 saturated carbocycles. The van der Waals surface area contributed by atoms with E-state index in [0.717, 1.165) is 25.7 Å². The minimum Gasteiger partial charge on any atom is -0.481 e. The van der Waals surface area contributed by atoms with Gasteiger partial charge in [-0.2, -0.15) is 0 Å². The molecule has 0 bridgehead atoms. The van der Waals surface area contributed by atoms with E-state index in [9.17, 15) is 9.59 Å². The molecule has 4 heteroatoms. The molecular weight excluding hydrogens is 290 g/mol. The van der Waals surface area contributed by atoms with Gasteiger partial charge in [-0.15, -0.1) is 0 Å². The highest BCUT2D eigenvalue weighted by atomic mass is 16.4. The SMILES string of the molecule is CC(C)(CCc1ccccc1)NC(=O)C1CCCC(C(=O)O)C1. The van der Waals surface area contributed by atoms with Crippen molar-refractivity contribution in [3.63, 3.8) is 0 Å². The average Bonchev–Trinajstić information content (AvgIpc) is 2.54. The van der Waals surface area contributed by atoms with Gasteiger partial charge in [-0.3, -0.25) is 9.59 Å².